The van der Waals surface area contributed by atoms with E-state index < -0.39 is 0 Å². The van der Waals surface area contributed by atoms with Gasteiger partial charge in [0.15, 0.2) is 0 Å². The summed E-state index contributed by atoms with van der Waals surface area (Å²) in [4.78, 5) is 4.64. The predicted molar refractivity (Wildman–Crippen MR) is 99.0 cm³/mol. The van der Waals surface area contributed by atoms with Gasteiger partial charge in [-0.2, -0.15) is 0 Å². The minimum atomic E-state index is 0.496. The van der Waals surface area contributed by atoms with E-state index in [1.807, 2.05) is 13.3 Å². The lowest BCUT2D eigenvalue weighted by molar-refractivity contribution is -0.00518. The van der Waals surface area contributed by atoms with E-state index in [9.17, 15) is 0 Å². The monoisotopic (exact) mass is 318 g/mol. The van der Waals surface area contributed by atoms with Crippen LogP contribution in [0.1, 0.15) is 49.7 Å². The number of aryl methyl sites for hydroxylation is 1. The Hall–Kier alpha value is -1.83. The molecule has 0 radical (unpaired) electrons. The van der Waals surface area contributed by atoms with Gasteiger partial charge in [0.1, 0.15) is 0 Å². The molecule has 1 aromatic carbocycles. The molecule has 4 aliphatic carbocycles. The van der Waals surface area contributed by atoms with E-state index in [1.54, 1.807) is 5.56 Å². The van der Waals surface area contributed by atoms with Crippen LogP contribution in [0.25, 0.3) is 0 Å². The molecule has 124 valence electrons. The molecule has 0 unspecified atom stereocenters. The number of hydrogen-bond acceptors (Lipinski definition) is 1. The molecule has 1 heterocycles. The summed E-state index contributed by atoms with van der Waals surface area (Å²) in [5.74, 6) is 3.02. The van der Waals surface area contributed by atoms with Gasteiger partial charge in [-0.05, 0) is 85.5 Å². The molecule has 4 aliphatic rings. The van der Waals surface area contributed by atoms with Crippen LogP contribution in [-0.4, -0.2) is 10.8 Å². The first kappa shape index (κ1) is 14.5. The van der Waals surface area contributed by atoms with Crippen LogP contribution in [0, 0.1) is 17.8 Å². The van der Waals surface area contributed by atoms with Gasteiger partial charge in [-0.3, -0.25) is 4.99 Å². The van der Waals surface area contributed by atoms with Crippen molar-refractivity contribution in [3.8, 4) is 0 Å². The Morgan fingerprint density at radius 3 is 2.12 bits per heavy atom. The predicted octanol–water partition coefficient (Wildman–Crippen LogP) is 5.24. The topological polar surface area (TPSA) is 17.3 Å². The molecule has 24 heavy (non-hydrogen) atoms. The lowest BCUT2D eigenvalue weighted by Crippen LogP contribution is -2.48. The molecule has 6 rings (SSSR count). The number of nitrogens with zero attached hydrogens (tertiary/aromatic N) is 2. The molecule has 2 aromatic rings. The number of aromatic nitrogens is 1. The third kappa shape index (κ3) is 2.44. The summed E-state index contributed by atoms with van der Waals surface area (Å²) in [6.45, 7) is 0. The molecular formula is C22H26N2. The lowest BCUT2D eigenvalue weighted by Gasteiger charge is -2.57. The largest absolute Gasteiger partial charge is 0.357 e. The zero-order valence-electron chi connectivity index (χ0n) is 14.5. The van der Waals surface area contributed by atoms with Gasteiger partial charge in [-0.25, -0.2) is 0 Å². The fourth-order valence-corrected chi connectivity index (χ4v) is 6.12. The fraction of sp³-hybridized carbons (Fsp3) is 0.500. The van der Waals surface area contributed by atoms with Crippen LogP contribution in [0.5, 0.6) is 0 Å². The average Bonchev–Trinajstić information content (AvgIpc) is 2.98. The minimum absolute atomic E-state index is 0.496. The summed E-state index contributed by atoms with van der Waals surface area (Å²) in [5, 5.41) is 0. The Morgan fingerprint density at radius 2 is 1.58 bits per heavy atom. The first-order chi connectivity index (χ1) is 11.7. The molecule has 0 aliphatic heterocycles. The minimum Gasteiger partial charge on any atom is -0.357 e. The normalized spacial score (nSPS) is 34.3. The van der Waals surface area contributed by atoms with Gasteiger partial charge in [-0.1, -0.05) is 12.1 Å². The van der Waals surface area contributed by atoms with Crippen molar-refractivity contribution >= 4 is 11.9 Å². The maximum absolute atomic E-state index is 4.64. The Morgan fingerprint density at radius 1 is 0.958 bits per heavy atom. The van der Waals surface area contributed by atoms with E-state index >= 15 is 0 Å². The van der Waals surface area contributed by atoms with Crippen molar-refractivity contribution < 1.29 is 0 Å². The highest BCUT2D eigenvalue weighted by Gasteiger charge is 2.51. The van der Waals surface area contributed by atoms with E-state index in [2.05, 4.69) is 52.3 Å². The van der Waals surface area contributed by atoms with Gasteiger partial charge >= 0.3 is 0 Å². The summed E-state index contributed by atoms with van der Waals surface area (Å²) in [6.07, 6.45) is 14.9. The molecule has 2 nitrogen and oxygen atoms in total. The van der Waals surface area contributed by atoms with Crippen LogP contribution < -0.4 is 0 Å². The fourth-order valence-electron chi connectivity index (χ4n) is 6.12. The van der Waals surface area contributed by atoms with Crippen molar-refractivity contribution in [1.29, 1.82) is 0 Å². The zero-order valence-corrected chi connectivity index (χ0v) is 14.5. The van der Waals surface area contributed by atoms with Crippen LogP contribution in [0.3, 0.4) is 0 Å². The third-order valence-electron chi connectivity index (χ3n) is 6.74. The molecule has 0 saturated heterocycles. The van der Waals surface area contributed by atoms with Gasteiger partial charge in [0.2, 0.25) is 0 Å². The Bertz CT molecular complexity index is 730. The van der Waals surface area contributed by atoms with Crippen molar-refractivity contribution in [3.63, 3.8) is 0 Å². The van der Waals surface area contributed by atoms with Gasteiger partial charge in [0.25, 0.3) is 0 Å². The highest BCUT2D eigenvalue weighted by Crippen LogP contribution is 2.60. The van der Waals surface area contributed by atoms with Gasteiger partial charge in [0, 0.05) is 31.2 Å². The molecule has 1 aromatic heterocycles. The summed E-state index contributed by atoms with van der Waals surface area (Å²) in [6, 6.07) is 11.3. The van der Waals surface area contributed by atoms with E-state index in [1.165, 1.54) is 38.5 Å². The van der Waals surface area contributed by atoms with Crippen LogP contribution in [-0.2, 0) is 12.5 Å². The molecule has 2 heteroatoms. The smallest absolute Gasteiger partial charge is 0.0630 e. The zero-order chi connectivity index (χ0) is 16.1. The van der Waals surface area contributed by atoms with E-state index in [0.29, 0.717) is 5.41 Å². The van der Waals surface area contributed by atoms with Crippen molar-refractivity contribution in [1.82, 2.24) is 4.57 Å². The van der Waals surface area contributed by atoms with Crippen molar-refractivity contribution in [2.45, 2.75) is 43.9 Å². The summed E-state index contributed by atoms with van der Waals surface area (Å²) < 4.78 is 2.05. The highest BCUT2D eigenvalue weighted by atomic mass is 14.9. The van der Waals surface area contributed by atoms with E-state index in [0.717, 1.165) is 29.0 Å². The maximum Gasteiger partial charge on any atom is 0.0630 e. The van der Waals surface area contributed by atoms with Crippen molar-refractivity contribution in [3.05, 3.63) is 53.9 Å². The van der Waals surface area contributed by atoms with Crippen LogP contribution in [0.2, 0.25) is 0 Å². The molecule has 0 N–H and O–H groups in total. The third-order valence-corrected chi connectivity index (χ3v) is 6.74. The SMILES string of the molecule is Cn1ccc(C=Nc2ccc(C34CC5CC(CC(C5)C3)C4)cc2)c1. The molecule has 0 amide bonds. The van der Waals surface area contributed by atoms with Crippen LogP contribution >= 0.6 is 0 Å². The summed E-state index contributed by atoms with van der Waals surface area (Å²) in [5.41, 5.74) is 4.30. The summed E-state index contributed by atoms with van der Waals surface area (Å²) >= 11 is 0. The van der Waals surface area contributed by atoms with Crippen molar-refractivity contribution in [2.75, 3.05) is 0 Å². The summed E-state index contributed by atoms with van der Waals surface area (Å²) in [7, 11) is 2.04. The Balaban J connectivity index is 1.38. The standard InChI is InChI=1S/C22H26N2/c1-24-7-6-16(15-24)14-23-21-4-2-20(3-5-21)22-11-17-8-18(12-22)10-19(9-17)13-22/h2-7,14-15,17-19H,8-13H2,1H3. The van der Waals surface area contributed by atoms with Gasteiger partial charge in [-0.15, -0.1) is 0 Å². The first-order valence-electron chi connectivity index (χ1n) is 9.45. The Kier molecular flexibility index (Phi) is 3.23. The second-order valence-corrected chi connectivity index (χ2v) is 8.61. The van der Waals surface area contributed by atoms with E-state index in [-0.39, 0.29) is 0 Å². The second-order valence-electron chi connectivity index (χ2n) is 8.61. The maximum atomic E-state index is 4.64. The van der Waals surface area contributed by atoms with Crippen molar-refractivity contribution in [2.24, 2.45) is 29.8 Å². The number of benzene rings is 1. The molecule has 0 spiro atoms. The number of aliphatic imine (C=N–C) groups is 1. The molecular weight excluding hydrogens is 292 g/mol. The molecule has 4 fully saturated rings. The molecule has 4 bridgehead atoms. The number of hydrogen-bond donors (Lipinski definition) is 0. The van der Waals surface area contributed by atoms with Gasteiger partial charge < -0.3 is 4.57 Å². The lowest BCUT2D eigenvalue weighted by atomic mass is 9.48. The highest BCUT2D eigenvalue weighted by molar-refractivity contribution is 5.81. The average molecular weight is 318 g/mol. The van der Waals surface area contributed by atoms with Crippen LogP contribution in [0.4, 0.5) is 5.69 Å². The molecule has 4 saturated carbocycles. The molecule has 0 atom stereocenters. The first-order valence-corrected chi connectivity index (χ1v) is 9.45. The quantitative estimate of drug-likeness (QED) is 0.688. The second kappa shape index (κ2) is 5.34. The number of rotatable bonds is 3. The van der Waals surface area contributed by atoms with Gasteiger partial charge in [0.05, 0.1) is 5.69 Å². The Labute approximate surface area is 144 Å². The van der Waals surface area contributed by atoms with Crippen LogP contribution in [0.15, 0.2) is 47.7 Å². The van der Waals surface area contributed by atoms with E-state index in [4.69, 9.17) is 0 Å².